The van der Waals surface area contributed by atoms with E-state index in [9.17, 15) is 14.0 Å². The SMILES string of the molecule is O=C(Oc1ccc(N(S)C(=O)NCCc2ccc(F)cc2)cc1)c1ccco1. The highest BCUT2D eigenvalue weighted by Gasteiger charge is 2.14. The number of nitrogens with zero attached hydrogens (tertiary/aromatic N) is 1. The van der Waals surface area contributed by atoms with Crippen LogP contribution in [0.3, 0.4) is 0 Å². The second-order valence-electron chi connectivity index (χ2n) is 5.78. The molecule has 28 heavy (non-hydrogen) atoms. The minimum Gasteiger partial charge on any atom is -0.457 e. The third-order valence-electron chi connectivity index (χ3n) is 3.81. The van der Waals surface area contributed by atoms with Gasteiger partial charge < -0.3 is 14.5 Å². The van der Waals surface area contributed by atoms with Gasteiger partial charge in [-0.15, -0.1) is 0 Å². The minimum atomic E-state index is -0.612. The molecule has 0 unspecified atom stereocenters. The molecule has 0 aliphatic carbocycles. The molecule has 3 rings (SSSR count). The average Bonchev–Trinajstić information content (AvgIpc) is 3.24. The van der Waals surface area contributed by atoms with Gasteiger partial charge in [0.15, 0.2) is 0 Å². The summed E-state index contributed by atoms with van der Waals surface area (Å²) < 4.78 is 24.2. The van der Waals surface area contributed by atoms with E-state index in [0.29, 0.717) is 24.4 Å². The Hall–Kier alpha value is -3.26. The molecule has 8 heteroatoms. The number of benzene rings is 2. The Morgan fingerprint density at radius 1 is 1.07 bits per heavy atom. The van der Waals surface area contributed by atoms with Gasteiger partial charge in [-0.2, -0.15) is 0 Å². The Labute approximate surface area is 166 Å². The molecule has 2 amide bonds. The molecule has 2 aromatic carbocycles. The highest BCUT2D eigenvalue weighted by molar-refractivity contribution is 7.82. The van der Waals surface area contributed by atoms with E-state index in [1.807, 2.05) is 0 Å². The lowest BCUT2D eigenvalue weighted by molar-refractivity contribution is 0.0701. The summed E-state index contributed by atoms with van der Waals surface area (Å²) in [4.78, 5) is 24.0. The van der Waals surface area contributed by atoms with Crippen LogP contribution < -0.4 is 14.4 Å². The number of rotatable bonds is 6. The Morgan fingerprint density at radius 2 is 1.79 bits per heavy atom. The zero-order valence-corrected chi connectivity index (χ0v) is 15.6. The van der Waals surface area contributed by atoms with Gasteiger partial charge in [0.2, 0.25) is 5.76 Å². The number of nitrogens with one attached hydrogen (secondary N) is 1. The first-order valence-electron chi connectivity index (χ1n) is 8.40. The molecule has 0 bridgehead atoms. The first-order valence-corrected chi connectivity index (χ1v) is 8.80. The van der Waals surface area contributed by atoms with Crippen molar-refractivity contribution in [3.05, 3.63) is 84.1 Å². The Morgan fingerprint density at radius 3 is 2.43 bits per heavy atom. The summed E-state index contributed by atoms with van der Waals surface area (Å²) in [5.41, 5.74) is 1.41. The van der Waals surface area contributed by atoms with Gasteiger partial charge in [-0.25, -0.2) is 18.3 Å². The van der Waals surface area contributed by atoms with E-state index >= 15 is 0 Å². The van der Waals surface area contributed by atoms with Gasteiger partial charge in [0.05, 0.1) is 12.0 Å². The molecule has 0 saturated carbocycles. The molecule has 144 valence electrons. The lowest BCUT2D eigenvalue weighted by Gasteiger charge is -2.17. The first kappa shape index (κ1) is 19.5. The number of anilines is 1. The number of furan rings is 1. The fraction of sp³-hybridized carbons (Fsp3) is 0.100. The molecule has 0 aliphatic rings. The predicted molar refractivity (Wildman–Crippen MR) is 105 cm³/mol. The topological polar surface area (TPSA) is 71.8 Å². The molecule has 0 aliphatic heterocycles. The average molecular weight is 400 g/mol. The second kappa shape index (κ2) is 9.09. The van der Waals surface area contributed by atoms with Crippen LogP contribution in [0.4, 0.5) is 14.9 Å². The summed E-state index contributed by atoms with van der Waals surface area (Å²) in [6.45, 7) is 0.375. The Balaban J connectivity index is 1.50. The normalized spacial score (nSPS) is 10.4. The summed E-state index contributed by atoms with van der Waals surface area (Å²) in [5.74, 6) is -0.504. The first-order chi connectivity index (χ1) is 13.5. The summed E-state index contributed by atoms with van der Waals surface area (Å²) in [6, 6.07) is 15.1. The molecule has 0 saturated heterocycles. The molecule has 0 atom stereocenters. The van der Waals surface area contributed by atoms with Gasteiger partial charge >= 0.3 is 12.0 Å². The van der Waals surface area contributed by atoms with Crippen molar-refractivity contribution >= 4 is 30.5 Å². The molecule has 0 fully saturated rings. The van der Waals surface area contributed by atoms with Crippen molar-refractivity contribution in [3.8, 4) is 5.75 Å². The van der Waals surface area contributed by atoms with E-state index < -0.39 is 12.0 Å². The number of hydrogen-bond acceptors (Lipinski definition) is 5. The van der Waals surface area contributed by atoms with Crippen LogP contribution in [-0.4, -0.2) is 18.5 Å². The van der Waals surface area contributed by atoms with Crippen LogP contribution in [0.5, 0.6) is 5.75 Å². The highest BCUT2D eigenvalue weighted by Crippen LogP contribution is 2.21. The Bertz CT molecular complexity index is 928. The van der Waals surface area contributed by atoms with Crippen LogP contribution in [-0.2, 0) is 6.42 Å². The minimum absolute atomic E-state index is 0.0976. The van der Waals surface area contributed by atoms with Gasteiger partial charge in [-0.05, 0) is 60.5 Å². The van der Waals surface area contributed by atoms with Crippen LogP contribution in [0, 0.1) is 5.82 Å². The largest absolute Gasteiger partial charge is 0.457 e. The van der Waals surface area contributed by atoms with Crippen LogP contribution in [0.2, 0.25) is 0 Å². The van der Waals surface area contributed by atoms with E-state index in [1.54, 1.807) is 42.5 Å². The van der Waals surface area contributed by atoms with Crippen LogP contribution in [0.1, 0.15) is 16.1 Å². The molecule has 0 radical (unpaired) electrons. The summed E-state index contributed by atoms with van der Waals surface area (Å²) in [7, 11) is 0. The molecule has 0 spiro atoms. The van der Waals surface area contributed by atoms with Crippen molar-refractivity contribution in [2.75, 3.05) is 10.8 Å². The molecular formula is C20H17FN2O4S. The van der Waals surface area contributed by atoms with Crippen molar-refractivity contribution in [2.24, 2.45) is 0 Å². The predicted octanol–water partition coefficient (Wildman–Crippen LogP) is 4.24. The van der Waals surface area contributed by atoms with Gasteiger partial charge in [0, 0.05) is 6.54 Å². The number of esters is 1. The van der Waals surface area contributed by atoms with Crippen molar-refractivity contribution in [3.63, 3.8) is 0 Å². The van der Waals surface area contributed by atoms with Crippen molar-refractivity contribution in [2.45, 2.75) is 6.42 Å². The molecule has 1 aromatic heterocycles. The van der Waals surface area contributed by atoms with E-state index in [2.05, 4.69) is 18.1 Å². The number of amides is 2. The number of halogens is 1. The lowest BCUT2D eigenvalue weighted by atomic mass is 10.1. The maximum Gasteiger partial charge on any atom is 0.379 e. The number of urea groups is 1. The van der Waals surface area contributed by atoms with Crippen LogP contribution >= 0.6 is 12.8 Å². The molecular weight excluding hydrogens is 383 g/mol. The van der Waals surface area contributed by atoms with Gasteiger partial charge in [0.1, 0.15) is 11.6 Å². The van der Waals surface area contributed by atoms with Crippen molar-refractivity contribution < 1.29 is 23.1 Å². The number of carbonyl (C=O) groups excluding carboxylic acids is 2. The fourth-order valence-corrected chi connectivity index (χ4v) is 2.57. The zero-order valence-electron chi connectivity index (χ0n) is 14.7. The molecule has 1 N–H and O–H groups in total. The van der Waals surface area contributed by atoms with Crippen molar-refractivity contribution in [1.82, 2.24) is 5.32 Å². The van der Waals surface area contributed by atoms with Crippen LogP contribution in [0.25, 0.3) is 0 Å². The second-order valence-corrected chi connectivity index (χ2v) is 6.18. The summed E-state index contributed by atoms with van der Waals surface area (Å²) in [6.07, 6.45) is 1.95. The number of ether oxygens (including phenoxy) is 1. The number of carbonyl (C=O) groups is 2. The van der Waals surface area contributed by atoms with Gasteiger partial charge in [-0.1, -0.05) is 24.9 Å². The highest BCUT2D eigenvalue weighted by atomic mass is 32.1. The monoisotopic (exact) mass is 400 g/mol. The van der Waals surface area contributed by atoms with Crippen LogP contribution in [0.15, 0.2) is 71.3 Å². The summed E-state index contributed by atoms with van der Waals surface area (Å²) in [5, 5.41) is 2.73. The lowest BCUT2D eigenvalue weighted by Crippen LogP contribution is -2.35. The quantitative estimate of drug-likeness (QED) is 0.369. The van der Waals surface area contributed by atoms with E-state index in [4.69, 9.17) is 9.15 Å². The number of thiol groups is 1. The molecule has 1 heterocycles. The maximum absolute atomic E-state index is 12.9. The van der Waals surface area contributed by atoms with E-state index in [0.717, 1.165) is 9.87 Å². The smallest absolute Gasteiger partial charge is 0.379 e. The number of hydrogen-bond donors (Lipinski definition) is 2. The molecule has 3 aromatic rings. The fourth-order valence-electron chi connectivity index (χ4n) is 2.36. The van der Waals surface area contributed by atoms with Gasteiger partial charge in [0.25, 0.3) is 0 Å². The van der Waals surface area contributed by atoms with Gasteiger partial charge in [-0.3, -0.25) is 0 Å². The van der Waals surface area contributed by atoms with Crippen molar-refractivity contribution in [1.29, 1.82) is 0 Å². The third-order valence-corrected chi connectivity index (χ3v) is 4.22. The standard InChI is InChI=1S/C20H17FN2O4S/c21-15-5-3-14(4-6-15)11-12-22-20(25)23(28)16-7-9-17(10-8-16)27-19(24)18-2-1-13-26-18/h1-10,13,28H,11-12H2,(H,22,25). The van der Waals surface area contributed by atoms with E-state index in [-0.39, 0.29) is 11.6 Å². The summed E-state index contributed by atoms with van der Waals surface area (Å²) >= 11 is 4.19. The zero-order chi connectivity index (χ0) is 19.9. The van der Waals surface area contributed by atoms with E-state index in [1.165, 1.54) is 24.5 Å². The molecule has 6 nitrogen and oxygen atoms in total. The maximum atomic E-state index is 12.9. The third kappa shape index (κ3) is 5.14. The Kier molecular flexibility index (Phi) is 6.33.